The standard InChI is InChI=1S/C23H27N3O3/c1-28-23-24-20-17-19(25-13-15-29-16-14-25)11-12-21(20)26(23)22(27)10-6-5-9-18-7-3-2-4-8-18/h2-4,7-8,11-12,17H,5-6,9-10,13-16H2,1H3. The van der Waals surface area contributed by atoms with E-state index in [2.05, 4.69) is 22.0 Å². The predicted octanol–water partition coefficient (Wildman–Crippen LogP) is 3.93. The summed E-state index contributed by atoms with van der Waals surface area (Å²) in [6.07, 6.45) is 3.27. The van der Waals surface area contributed by atoms with E-state index in [1.54, 1.807) is 11.7 Å². The highest BCUT2D eigenvalue weighted by atomic mass is 16.5. The number of aromatic nitrogens is 2. The van der Waals surface area contributed by atoms with E-state index in [0.29, 0.717) is 12.4 Å². The van der Waals surface area contributed by atoms with Gasteiger partial charge in [-0.05, 0) is 43.0 Å². The van der Waals surface area contributed by atoms with Crippen LogP contribution in [0.1, 0.15) is 29.6 Å². The van der Waals surface area contributed by atoms with Gasteiger partial charge in [-0.25, -0.2) is 4.57 Å². The van der Waals surface area contributed by atoms with Gasteiger partial charge in [-0.1, -0.05) is 30.3 Å². The van der Waals surface area contributed by atoms with E-state index >= 15 is 0 Å². The lowest BCUT2D eigenvalue weighted by Crippen LogP contribution is -2.36. The molecule has 0 amide bonds. The van der Waals surface area contributed by atoms with Gasteiger partial charge >= 0.3 is 6.01 Å². The van der Waals surface area contributed by atoms with Crippen molar-refractivity contribution in [1.82, 2.24) is 9.55 Å². The molecule has 0 N–H and O–H groups in total. The average molecular weight is 393 g/mol. The molecule has 0 atom stereocenters. The second kappa shape index (κ2) is 9.09. The third-order valence-electron chi connectivity index (χ3n) is 5.36. The lowest BCUT2D eigenvalue weighted by Gasteiger charge is -2.28. The van der Waals surface area contributed by atoms with Crippen molar-refractivity contribution in [2.75, 3.05) is 38.3 Å². The van der Waals surface area contributed by atoms with Crippen molar-refractivity contribution < 1.29 is 14.3 Å². The maximum atomic E-state index is 12.9. The summed E-state index contributed by atoms with van der Waals surface area (Å²) in [5, 5.41) is 0. The average Bonchev–Trinajstić information content (AvgIpc) is 3.16. The first-order valence-corrected chi connectivity index (χ1v) is 10.2. The first-order valence-electron chi connectivity index (χ1n) is 10.2. The molecule has 6 nitrogen and oxygen atoms in total. The first-order chi connectivity index (χ1) is 14.3. The number of rotatable bonds is 7. The number of ether oxygens (including phenoxy) is 2. The number of benzene rings is 2. The highest BCUT2D eigenvalue weighted by molar-refractivity contribution is 5.93. The van der Waals surface area contributed by atoms with Crippen LogP contribution in [0, 0.1) is 0 Å². The first kappa shape index (κ1) is 19.5. The van der Waals surface area contributed by atoms with E-state index in [4.69, 9.17) is 9.47 Å². The number of fused-ring (bicyclic) bond motifs is 1. The maximum Gasteiger partial charge on any atom is 0.304 e. The molecule has 0 spiro atoms. The molecule has 29 heavy (non-hydrogen) atoms. The Bertz CT molecular complexity index is 962. The van der Waals surface area contributed by atoms with Gasteiger partial charge in [0, 0.05) is 25.2 Å². The molecular formula is C23H27N3O3. The minimum absolute atomic E-state index is 0.0246. The Morgan fingerprint density at radius 3 is 2.66 bits per heavy atom. The molecule has 152 valence electrons. The molecule has 1 aromatic heterocycles. The molecule has 3 aromatic rings. The smallest absolute Gasteiger partial charge is 0.304 e. The predicted molar refractivity (Wildman–Crippen MR) is 114 cm³/mol. The van der Waals surface area contributed by atoms with Crippen LogP contribution < -0.4 is 9.64 Å². The molecule has 1 aliphatic rings. The summed E-state index contributed by atoms with van der Waals surface area (Å²) in [5.41, 5.74) is 3.99. The molecule has 0 radical (unpaired) electrons. The Morgan fingerprint density at radius 1 is 1.10 bits per heavy atom. The molecule has 6 heteroatoms. The number of nitrogens with zero attached hydrogens (tertiary/aromatic N) is 3. The van der Waals surface area contributed by atoms with Crippen LogP contribution in [-0.4, -0.2) is 48.9 Å². The van der Waals surface area contributed by atoms with Crippen LogP contribution >= 0.6 is 0 Å². The van der Waals surface area contributed by atoms with Gasteiger partial charge in [0.25, 0.3) is 0 Å². The summed E-state index contributed by atoms with van der Waals surface area (Å²) in [6.45, 7) is 3.20. The molecular weight excluding hydrogens is 366 g/mol. The second-order valence-corrected chi connectivity index (χ2v) is 7.29. The van der Waals surface area contributed by atoms with Gasteiger partial charge in [-0.2, -0.15) is 4.98 Å². The Morgan fingerprint density at radius 2 is 1.90 bits per heavy atom. The Balaban J connectivity index is 1.46. The second-order valence-electron chi connectivity index (χ2n) is 7.29. The fraction of sp³-hybridized carbons (Fsp3) is 0.391. The van der Waals surface area contributed by atoms with E-state index in [9.17, 15) is 4.79 Å². The Labute approximate surface area is 171 Å². The van der Waals surface area contributed by atoms with Crippen LogP contribution in [0.2, 0.25) is 0 Å². The van der Waals surface area contributed by atoms with Crippen molar-refractivity contribution >= 4 is 22.6 Å². The summed E-state index contributed by atoms with van der Waals surface area (Å²) in [6, 6.07) is 16.8. The van der Waals surface area contributed by atoms with E-state index in [0.717, 1.165) is 62.3 Å². The zero-order valence-electron chi connectivity index (χ0n) is 16.8. The van der Waals surface area contributed by atoms with Gasteiger partial charge in [-0.15, -0.1) is 0 Å². The van der Waals surface area contributed by atoms with Crippen molar-refractivity contribution in [1.29, 1.82) is 0 Å². The van der Waals surface area contributed by atoms with Crippen molar-refractivity contribution in [3.8, 4) is 6.01 Å². The van der Waals surface area contributed by atoms with Gasteiger partial charge < -0.3 is 14.4 Å². The number of carbonyl (C=O) groups excluding carboxylic acids is 1. The minimum atomic E-state index is 0.0246. The van der Waals surface area contributed by atoms with Crippen molar-refractivity contribution in [3.63, 3.8) is 0 Å². The topological polar surface area (TPSA) is 56.6 Å². The summed E-state index contributed by atoms with van der Waals surface area (Å²) < 4.78 is 12.5. The highest BCUT2D eigenvalue weighted by Gasteiger charge is 2.19. The van der Waals surface area contributed by atoms with Gasteiger partial charge in [0.15, 0.2) is 0 Å². The van der Waals surface area contributed by atoms with Crippen LogP contribution in [0.3, 0.4) is 0 Å². The highest BCUT2D eigenvalue weighted by Crippen LogP contribution is 2.27. The fourth-order valence-electron chi connectivity index (χ4n) is 3.80. The van der Waals surface area contributed by atoms with Crippen LogP contribution in [0.4, 0.5) is 5.69 Å². The molecule has 0 unspecified atom stereocenters. The number of methoxy groups -OCH3 is 1. The summed E-state index contributed by atoms with van der Waals surface area (Å²) >= 11 is 0. The molecule has 1 fully saturated rings. The van der Waals surface area contributed by atoms with Gasteiger partial charge in [0.2, 0.25) is 5.91 Å². The molecule has 4 rings (SSSR count). The maximum absolute atomic E-state index is 12.9. The van der Waals surface area contributed by atoms with Crippen molar-refractivity contribution in [2.45, 2.75) is 25.7 Å². The molecule has 2 aromatic carbocycles. The van der Waals surface area contributed by atoms with Crippen LogP contribution in [0.5, 0.6) is 6.01 Å². The Hall–Kier alpha value is -2.86. The SMILES string of the molecule is COc1nc2cc(N3CCOCC3)ccc2n1C(=O)CCCCc1ccccc1. The van der Waals surface area contributed by atoms with Crippen LogP contribution in [0.15, 0.2) is 48.5 Å². The lowest BCUT2D eigenvalue weighted by molar-refractivity contribution is 0.0893. The van der Waals surface area contributed by atoms with E-state index < -0.39 is 0 Å². The third kappa shape index (κ3) is 4.43. The van der Waals surface area contributed by atoms with Crippen molar-refractivity contribution in [2.24, 2.45) is 0 Å². The van der Waals surface area contributed by atoms with Gasteiger partial charge in [-0.3, -0.25) is 4.79 Å². The van der Waals surface area contributed by atoms with E-state index in [1.165, 1.54) is 5.56 Å². The lowest BCUT2D eigenvalue weighted by atomic mass is 10.1. The summed E-state index contributed by atoms with van der Waals surface area (Å²) in [4.78, 5) is 19.7. The fourth-order valence-corrected chi connectivity index (χ4v) is 3.80. The monoisotopic (exact) mass is 393 g/mol. The number of hydrogen-bond donors (Lipinski definition) is 0. The number of morpholine rings is 1. The number of hydrogen-bond acceptors (Lipinski definition) is 5. The molecule has 2 heterocycles. The van der Waals surface area contributed by atoms with Gasteiger partial charge in [0.1, 0.15) is 0 Å². The largest absolute Gasteiger partial charge is 0.468 e. The molecule has 0 bridgehead atoms. The van der Waals surface area contributed by atoms with Crippen LogP contribution in [0.25, 0.3) is 11.0 Å². The summed E-state index contributed by atoms with van der Waals surface area (Å²) in [7, 11) is 1.56. The number of imidazole rings is 1. The zero-order chi connectivity index (χ0) is 20.1. The number of anilines is 1. The zero-order valence-corrected chi connectivity index (χ0v) is 16.8. The number of unbranched alkanes of at least 4 members (excludes halogenated alkanes) is 1. The van der Waals surface area contributed by atoms with E-state index in [-0.39, 0.29) is 5.91 Å². The third-order valence-corrected chi connectivity index (χ3v) is 5.36. The van der Waals surface area contributed by atoms with Gasteiger partial charge in [0.05, 0.1) is 31.4 Å². The Kier molecular flexibility index (Phi) is 6.10. The molecule has 1 aliphatic heterocycles. The molecule has 0 saturated carbocycles. The summed E-state index contributed by atoms with van der Waals surface area (Å²) in [5.74, 6) is 0.0246. The van der Waals surface area contributed by atoms with Crippen LogP contribution in [-0.2, 0) is 11.2 Å². The molecule has 0 aliphatic carbocycles. The van der Waals surface area contributed by atoms with Crippen molar-refractivity contribution in [3.05, 3.63) is 54.1 Å². The molecule has 1 saturated heterocycles. The quantitative estimate of drug-likeness (QED) is 0.569. The van der Waals surface area contributed by atoms with E-state index in [1.807, 2.05) is 36.4 Å². The minimum Gasteiger partial charge on any atom is -0.468 e. The number of carbonyl (C=O) groups is 1. The normalized spacial score (nSPS) is 14.3. The number of aryl methyl sites for hydroxylation is 1.